The molecular weight excluding hydrogens is 310 g/mol. The zero-order valence-electron chi connectivity index (χ0n) is 10.6. The maximum absolute atomic E-state index is 12.3. The second-order valence-electron chi connectivity index (χ2n) is 4.77. The van der Waals surface area contributed by atoms with Crippen LogP contribution in [0.4, 0.5) is 0 Å². The van der Waals surface area contributed by atoms with Crippen molar-refractivity contribution < 1.29 is 10.0 Å². The fourth-order valence-corrected chi connectivity index (χ4v) is 2.34. The largest absolute Gasteiger partial charge is 0.409 e. The van der Waals surface area contributed by atoms with Crippen molar-refractivity contribution in [1.82, 2.24) is 5.32 Å². The van der Waals surface area contributed by atoms with Gasteiger partial charge in [-0.3, -0.25) is 4.79 Å². The van der Waals surface area contributed by atoms with E-state index in [-0.39, 0.29) is 17.7 Å². The molecule has 2 rings (SSSR count). The van der Waals surface area contributed by atoms with Gasteiger partial charge in [-0.15, -0.1) is 0 Å². The van der Waals surface area contributed by atoms with E-state index in [0.717, 1.165) is 22.9 Å². The Morgan fingerprint density at radius 3 is 2.84 bits per heavy atom. The Labute approximate surface area is 120 Å². The maximum Gasteiger partial charge on any atom is 0.252 e. The Morgan fingerprint density at radius 2 is 2.26 bits per heavy atom. The minimum Gasteiger partial charge on any atom is -0.409 e. The highest BCUT2D eigenvalue weighted by atomic mass is 79.9. The Kier molecular flexibility index (Phi) is 4.09. The number of halogens is 1. The number of hydrogen-bond donors (Lipinski definition) is 3. The summed E-state index contributed by atoms with van der Waals surface area (Å²) in [7, 11) is 0. The van der Waals surface area contributed by atoms with Crippen LogP contribution in [-0.2, 0) is 0 Å². The molecule has 1 unspecified atom stereocenters. The van der Waals surface area contributed by atoms with Crippen molar-refractivity contribution in [3.05, 3.63) is 33.8 Å². The van der Waals surface area contributed by atoms with Gasteiger partial charge in [0.25, 0.3) is 5.91 Å². The van der Waals surface area contributed by atoms with E-state index < -0.39 is 6.04 Å². The number of nitrogens with zero attached hydrogens (tertiary/aromatic N) is 1. The van der Waals surface area contributed by atoms with Crippen molar-refractivity contribution >= 4 is 27.7 Å². The van der Waals surface area contributed by atoms with E-state index in [2.05, 4.69) is 26.4 Å². The number of amidine groups is 1. The highest BCUT2D eigenvalue weighted by molar-refractivity contribution is 9.10. The van der Waals surface area contributed by atoms with Crippen LogP contribution in [0.15, 0.2) is 27.8 Å². The molecule has 0 aliphatic heterocycles. The highest BCUT2D eigenvalue weighted by Crippen LogP contribution is 2.33. The van der Waals surface area contributed by atoms with Crippen molar-refractivity contribution in [2.24, 2.45) is 16.8 Å². The SMILES string of the molecule is Cc1ccc(Br)cc1C(=O)NC(C(N)=NO)C1CC1. The molecule has 1 atom stereocenters. The van der Waals surface area contributed by atoms with Gasteiger partial charge < -0.3 is 16.3 Å². The van der Waals surface area contributed by atoms with E-state index in [1.54, 1.807) is 6.07 Å². The molecule has 0 bridgehead atoms. The summed E-state index contributed by atoms with van der Waals surface area (Å²) < 4.78 is 0.843. The molecule has 0 heterocycles. The standard InChI is InChI=1S/C13H16BrN3O2/c1-7-2-5-9(14)6-10(7)13(18)16-11(8-3-4-8)12(15)17-19/h2,5-6,8,11,19H,3-4H2,1H3,(H2,15,17)(H,16,18). The summed E-state index contributed by atoms with van der Waals surface area (Å²) in [4.78, 5) is 12.3. The number of benzene rings is 1. The third-order valence-corrected chi connectivity index (χ3v) is 3.75. The summed E-state index contributed by atoms with van der Waals surface area (Å²) in [6.07, 6.45) is 1.97. The molecule has 102 valence electrons. The van der Waals surface area contributed by atoms with E-state index in [9.17, 15) is 4.79 Å². The monoisotopic (exact) mass is 325 g/mol. The third-order valence-electron chi connectivity index (χ3n) is 3.26. The van der Waals surface area contributed by atoms with E-state index in [1.165, 1.54) is 0 Å². The molecule has 1 aliphatic carbocycles. The number of rotatable bonds is 4. The lowest BCUT2D eigenvalue weighted by molar-refractivity contribution is 0.0942. The van der Waals surface area contributed by atoms with Crippen molar-refractivity contribution in [3.8, 4) is 0 Å². The van der Waals surface area contributed by atoms with Crippen LogP contribution < -0.4 is 11.1 Å². The van der Waals surface area contributed by atoms with Gasteiger partial charge >= 0.3 is 0 Å². The van der Waals surface area contributed by atoms with Crippen LogP contribution in [0.1, 0.15) is 28.8 Å². The summed E-state index contributed by atoms with van der Waals surface area (Å²) in [6.45, 7) is 1.87. The molecule has 5 nitrogen and oxygen atoms in total. The molecule has 1 aliphatic rings. The van der Waals surface area contributed by atoms with Crippen LogP contribution in [0.5, 0.6) is 0 Å². The molecule has 1 fully saturated rings. The first kappa shape index (κ1) is 13.9. The number of nitrogens with one attached hydrogen (secondary N) is 1. The molecule has 1 saturated carbocycles. The van der Waals surface area contributed by atoms with Gasteiger partial charge in [-0.2, -0.15) is 0 Å². The molecule has 4 N–H and O–H groups in total. The molecule has 1 amide bonds. The molecule has 0 aromatic heterocycles. The predicted molar refractivity (Wildman–Crippen MR) is 76.3 cm³/mol. The first-order valence-corrected chi connectivity index (χ1v) is 6.86. The lowest BCUT2D eigenvalue weighted by Gasteiger charge is -2.17. The van der Waals surface area contributed by atoms with Gasteiger partial charge in [-0.05, 0) is 43.4 Å². The summed E-state index contributed by atoms with van der Waals surface area (Å²) in [5.41, 5.74) is 7.10. The first-order valence-electron chi connectivity index (χ1n) is 6.07. The average molecular weight is 326 g/mol. The minimum absolute atomic E-state index is 0.0588. The Hall–Kier alpha value is -1.56. The number of nitrogens with two attached hydrogens (primary N) is 1. The molecular formula is C13H16BrN3O2. The van der Waals surface area contributed by atoms with Gasteiger partial charge in [-0.25, -0.2) is 0 Å². The summed E-state index contributed by atoms with van der Waals surface area (Å²) >= 11 is 3.35. The van der Waals surface area contributed by atoms with Gasteiger partial charge in [0.15, 0.2) is 5.84 Å². The fourth-order valence-electron chi connectivity index (χ4n) is 1.98. The highest BCUT2D eigenvalue weighted by Gasteiger charge is 2.35. The Bertz CT molecular complexity index is 527. The van der Waals surface area contributed by atoms with Crippen LogP contribution in [0.2, 0.25) is 0 Å². The lowest BCUT2D eigenvalue weighted by atomic mass is 10.1. The van der Waals surface area contributed by atoms with E-state index in [0.29, 0.717) is 5.56 Å². The Balaban J connectivity index is 2.17. The predicted octanol–water partition coefficient (Wildman–Crippen LogP) is 2.01. The van der Waals surface area contributed by atoms with Gasteiger partial charge in [0, 0.05) is 10.0 Å². The van der Waals surface area contributed by atoms with E-state index >= 15 is 0 Å². The molecule has 1 aromatic rings. The number of oxime groups is 1. The smallest absolute Gasteiger partial charge is 0.252 e. The summed E-state index contributed by atoms with van der Waals surface area (Å²) in [5.74, 6) is 0.123. The normalized spacial score (nSPS) is 17.1. The van der Waals surface area contributed by atoms with Crippen LogP contribution >= 0.6 is 15.9 Å². The Morgan fingerprint density at radius 1 is 1.58 bits per heavy atom. The number of carbonyl (C=O) groups is 1. The fraction of sp³-hybridized carbons (Fsp3) is 0.385. The number of carbonyl (C=O) groups excluding carboxylic acids is 1. The van der Waals surface area contributed by atoms with Crippen molar-refractivity contribution in [2.75, 3.05) is 0 Å². The number of amides is 1. The van der Waals surface area contributed by atoms with Gasteiger partial charge in [0.05, 0.1) is 6.04 Å². The van der Waals surface area contributed by atoms with Crippen LogP contribution in [0, 0.1) is 12.8 Å². The third kappa shape index (κ3) is 3.26. The maximum atomic E-state index is 12.3. The van der Waals surface area contributed by atoms with Crippen LogP contribution in [0.3, 0.4) is 0 Å². The topological polar surface area (TPSA) is 87.7 Å². The zero-order chi connectivity index (χ0) is 14.0. The zero-order valence-corrected chi connectivity index (χ0v) is 12.1. The second-order valence-corrected chi connectivity index (χ2v) is 5.69. The molecule has 0 saturated heterocycles. The van der Waals surface area contributed by atoms with Crippen LogP contribution in [0.25, 0.3) is 0 Å². The molecule has 6 heteroatoms. The molecule has 1 aromatic carbocycles. The van der Waals surface area contributed by atoms with E-state index in [4.69, 9.17) is 10.9 Å². The number of hydrogen-bond acceptors (Lipinski definition) is 3. The summed E-state index contributed by atoms with van der Waals surface area (Å²) in [5, 5.41) is 14.6. The van der Waals surface area contributed by atoms with Gasteiger partial charge in [0.1, 0.15) is 0 Å². The molecule has 19 heavy (non-hydrogen) atoms. The quantitative estimate of drug-likeness (QED) is 0.342. The minimum atomic E-state index is -0.393. The van der Waals surface area contributed by atoms with Gasteiger partial charge in [-0.1, -0.05) is 27.2 Å². The molecule has 0 radical (unpaired) electrons. The molecule has 0 spiro atoms. The summed E-state index contributed by atoms with van der Waals surface area (Å²) in [6, 6.07) is 5.12. The lowest BCUT2D eigenvalue weighted by Crippen LogP contribution is -2.46. The number of aryl methyl sites for hydroxylation is 1. The van der Waals surface area contributed by atoms with Crippen molar-refractivity contribution in [1.29, 1.82) is 0 Å². The van der Waals surface area contributed by atoms with E-state index in [1.807, 2.05) is 19.1 Å². The second kappa shape index (κ2) is 5.61. The van der Waals surface area contributed by atoms with Crippen LogP contribution in [-0.4, -0.2) is 23.0 Å². The van der Waals surface area contributed by atoms with Gasteiger partial charge in [0.2, 0.25) is 0 Å². The van der Waals surface area contributed by atoms with Crippen molar-refractivity contribution in [3.63, 3.8) is 0 Å². The van der Waals surface area contributed by atoms with Crippen molar-refractivity contribution in [2.45, 2.75) is 25.8 Å². The average Bonchev–Trinajstić information content (AvgIpc) is 3.22. The first-order chi connectivity index (χ1) is 9.02.